The standard InChI is InChI=1S/C21H26N4O/c1-13-5-7-17(15(3)11-13)24-20(26)12-22-10-9-19-23-18-8-6-14(2)16(4)21(18)25-19/h5-8,11,22H,9-10,12H2,1-4H3,(H,23,25)(H,24,26). The zero-order valence-corrected chi connectivity index (χ0v) is 15.9. The molecule has 26 heavy (non-hydrogen) atoms. The fourth-order valence-electron chi connectivity index (χ4n) is 3.04. The largest absolute Gasteiger partial charge is 0.342 e. The van der Waals surface area contributed by atoms with Gasteiger partial charge in [0.2, 0.25) is 5.91 Å². The molecule has 5 nitrogen and oxygen atoms in total. The van der Waals surface area contributed by atoms with Crippen LogP contribution < -0.4 is 10.6 Å². The number of amides is 1. The fourth-order valence-corrected chi connectivity index (χ4v) is 3.04. The van der Waals surface area contributed by atoms with E-state index >= 15 is 0 Å². The van der Waals surface area contributed by atoms with E-state index in [4.69, 9.17) is 0 Å². The number of nitrogens with one attached hydrogen (secondary N) is 3. The molecule has 0 spiro atoms. The minimum Gasteiger partial charge on any atom is -0.342 e. The number of carbonyl (C=O) groups is 1. The van der Waals surface area contributed by atoms with Gasteiger partial charge >= 0.3 is 0 Å². The van der Waals surface area contributed by atoms with Gasteiger partial charge in [-0.15, -0.1) is 0 Å². The van der Waals surface area contributed by atoms with Gasteiger partial charge in [0.1, 0.15) is 5.82 Å². The molecule has 0 aliphatic rings. The molecule has 0 atom stereocenters. The van der Waals surface area contributed by atoms with E-state index in [1.165, 1.54) is 16.7 Å². The smallest absolute Gasteiger partial charge is 0.238 e. The Labute approximate surface area is 154 Å². The summed E-state index contributed by atoms with van der Waals surface area (Å²) in [5, 5.41) is 6.13. The second-order valence-corrected chi connectivity index (χ2v) is 6.88. The quantitative estimate of drug-likeness (QED) is 0.595. The summed E-state index contributed by atoms with van der Waals surface area (Å²) in [6.07, 6.45) is 0.754. The van der Waals surface area contributed by atoms with Crippen LogP contribution in [-0.4, -0.2) is 29.0 Å². The van der Waals surface area contributed by atoms with Crippen LogP contribution in [0.1, 0.15) is 28.1 Å². The summed E-state index contributed by atoms with van der Waals surface area (Å²) in [6.45, 7) is 9.21. The maximum Gasteiger partial charge on any atom is 0.238 e. The number of hydrogen-bond acceptors (Lipinski definition) is 3. The molecule has 1 aromatic heterocycles. The summed E-state index contributed by atoms with van der Waals surface area (Å²) in [5.41, 5.74) is 7.69. The van der Waals surface area contributed by atoms with E-state index in [-0.39, 0.29) is 12.5 Å². The summed E-state index contributed by atoms with van der Waals surface area (Å²) in [6, 6.07) is 10.2. The lowest BCUT2D eigenvalue weighted by Crippen LogP contribution is -2.29. The van der Waals surface area contributed by atoms with E-state index in [2.05, 4.69) is 52.6 Å². The molecule has 0 radical (unpaired) electrons. The zero-order valence-electron chi connectivity index (χ0n) is 15.9. The number of fused-ring (bicyclic) bond motifs is 1. The highest BCUT2D eigenvalue weighted by Crippen LogP contribution is 2.19. The van der Waals surface area contributed by atoms with Gasteiger partial charge in [-0.05, 0) is 56.5 Å². The van der Waals surface area contributed by atoms with Gasteiger partial charge in [0.15, 0.2) is 0 Å². The number of rotatable bonds is 6. The summed E-state index contributed by atoms with van der Waals surface area (Å²) >= 11 is 0. The highest BCUT2D eigenvalue weighted by molar-refractivity contribution is 5.93. The molecule has 0 bridgehead atoms. The number of H-pyrrole nitrogens is 1. The zero-order chi connectivity index (χ0) is 18.7. The number of aryl methyl sites for hydroxylation is 4. The molecule has 1 amide bonds. The first kappa shape index (κ1) is 18.1. The normalized spacial score (nSPS) is 11.1. The number of hydrogen-bond donors (Lipinski definition) is 3. The molecular weight excluding hydrogens is 324 g/mol. The van der Waals surface area contributed by atoms with Gasteiger partial charge in [-0.1, -0.05) is 23.8 Å². The molecule has 3 rings (SSSR count). The maximum absolute atomic E-state index is 12.1. The molecular formula is C21H26N4O. The van der Waals surface area contributed by atoms with Gasteiger partial charge in [-0.2, -0.15) is 0 Å². The average molecular weight is 350 g/mol. The van der Waals surface area contributed by atoms with Crippen molar-refractivity contribution in [1.82, 2.24) is 15.3 Å². The third kappa shape index (κ3) is 4.11. The molecule has 0 unspecified atom stereocenters. The number of aromatic amines is 1. The second kappa shape index (κ2) is 7.70. The Morgan fingerprint density at radius 1 is 1.08 bits per heavy atom. The lowest BCUT2D eigenvalue weighted by molar-refractivity contribution is -0.115. The Morgan fingerprint density at radius 3 is 2.65 bits per heavy atom. The van der Waals surface area contributed by atoms with Crippen LogP contribution in [0.25, 0.3) is 11.0 Å². The summed E-state index contributed by atoms with van der Waals surface area (Å²) in [4.78, 5) is 20.1. The van der Waals surface area contributed by atoms with Crippen LogP contribution in [0.2, 0.25) is 0 Å². The van der Waals surface area contributed by atoms with E-state index in [1.54, 1.807) is 0 Å². The number of benzene rings is 2. The van der Waals surface area contributed by atoms with Crippen molar-refractivity contribution in [3.8, 4) is 0 Å². The van der Waals surface area contributed by atoms with Crippen LogP contribution in [-0.2, 0) is 11.2 Å². The van der Waals surface area contributed by atoms with Crippen LogP contribution in [0, 0.1) is 27.7 Å². The molecule has 5 heteroatoms. The molecule has 0 fully saturated rings. The summed E-state index contributed by atoms with van der Waals surface area (Å²) in [5.74, 6) is 0.906. The maximum atomic E-state index is 12.1. The molecule has 0 saturated carbocycles. The second-order valence-electron chi connectivity index (χ2n) is 6.88. The van der Waals surface area contributed by atoms with Gasteiger partial charge in [-0.3, -0.25) is 4.79 Å². The van der Waals surface area contributed by atoms with Crippen molar-refractivity contribution in [2.24, 2.45) is 0 Å². The Hall–Kier alpha value is -2.66. The van der Waals surface area contributed by atoms with Gasteiger partial charge < -0.3 is 15.6 Å². The van der Waals surface area contributed by atoms with Crippen LogP contribution in [0.4, 0.5) is 5.69 Å². The van der Waals surface area contributed by atoms with E-state index < -0.39 is 0 Å². The number of aromatic nitrogens is 2. The molecule has 1 heterocycles. The number of nitrogens with zero attached hydrogens (tertiary/aromatic N) is 1. The van der Waals surface area contributed by atoms with Crippen LogP contribution in [0.3, 0.4) is 0 Å². The Bertz CT molecular complexity index is 943. The molecule has 0 aliphatic heterocycles. The van der Waals surface area contributed by atoms with E-state index in [1.807, 2.05) is 26.0 Å². The van der Waals surface area contributed by atoms with Crippen molar-refractivity contribution in [2.45, 2.75) is 34.1 Å². The average Bonchev–Trinajstić information content (AvgIpc) is 3.01. The summed E-state index contributed by atoms with van der Waals surface area (Å²) < 4.78 is 0. The highest BCUT2D eigenvalue weighted by atomic mass is 16.1. The lowest BCUT2D eigenvalue weighted by Gasteiger charge is -2.09. The van der Waals surface area contributed by atoms with Crippen molar-refractivity contribution in [2.75, 3.05) is 18.4 Å². The third-order valence-electron chi connectivity index (χ3n) is 4.71. The predicted octanol–water partition coefficient (Wildman–Crippen LogP) is 3.57. The molecule has 136 valence electrons. The van der Waals surface area contributed by atoms with Crippen molar-refractivity contribution >= 4 is 22.6 Å². The Balaban J connectivity index is 1.49. The van der Waals surface area contributed by atoms with Crippen LogP contribution in [0.15, 0.2) is 30.3 Å². The first-order chi connectivity index (χ1) is 12.4. The Morgan fingerprint density at radius 2 is 1.88 bits per heavy atom. The molecule has 2 aromatic carbocycles. The molecule has 0 aliphatic carbocycles. The van der Waals surface area contributed by atoms with E-state index in [0.717, 1.165) is 34.5 Å². The third-order valence-corrected chi connectivity index (χ3v) is 4.71. The van der Waals surface area contributed by atoms with Gasteiger partial charge in [0, 0.05) is 18.7 Å². The van der Waals surface area contributed by atoms with Crippen molar-refractivity contribution < 1.29 is 4.79 Å². The number of imidazole rings is 1. The van der Waals surface area contributed by atoms with Crippen molar-refractivity contribution in [1.29, 1.82) is 0 Å². The predicted molar refractivity (Wildman–Crippen MR) is 107 cm³/mol. The minimum absolute atomic E-state index is 0.0342. The number of carbonyl (C=O) groups excluding carboxylic acids is 1. The molecule has 3 N–H and O–H groups in total. The lowest BCUT2D eigenvalue weighted by atomic mass is 10.1. The first-order valence-electron chi connectivity index (χ1n) is 8.96. The van der Waals surface area contributed by atoms with Crippen molar-refractivity contribution in [3.63, 3.8) is 0 Å². The van der Waals surface area contributed by atoms with E-state index in [9.17, 15) is 4.79 Å². The van der Waals surface area contributed by atoms with Crippen LogP contribution in [0.5, 0.6) is 0 Å². The molecule has 0 saturated heterocycles. The van der Waals surface area contributed by atoms with Crippen LogP contribution >= 0.6 is 0 Å². The first-order valence-corrected chi connectivity index (χ1v) is 8.96. The fraction of sp³-hybridized carbons (Fsp3) is 0.333. The molecule has 3 aromatic rings. The van der Waals surface area contributed by atoms with E-state index in [0.29, 0.717) is 6.54 Å². The van der Waals surface area contributed by atoms with Crippen molar-refractivity contribution in [3.05, 3.63) is 58.4 Å². The number of anilines is 1. The van der Waals surface area contributed by atoms with Gasteiger partial charge in [-0.25, -0.2) is 4.98 Å². The SMILES string of the molecule is Cc1ccc(NC(=O)CNCCc2nc3c(C)c(C)ccc3[nH]2)c(C)c1. The Kier molecular flexibility index (Phi) is 5.38. The summed E-state index contributed by atoms with van der Waals surface area (Å²) in [7, 11) is 0. The highest BCUT2D eigenvalue weighted by Gasteiger charge is 2.08. The monoisotopic (exact) mass is 350 g/mol. The topological polar surface area (TPSA) is 69.8 Å². The van der Waals surface area contributed by atoms with Gasteiger partial charge in [0.05, 0.1) is 17.6 Å². The minimum atomic E-state index is -0.0342. The van der Waals surface area contributed by atoms with Gasteiger partial charge in [0.25, 0.3) is 0 Å².